The molecule has 1 saturated heterocycles. The molecule has 2 N–H and O–H groups in total. The van der Waals surface area contributed by atoms with Crippen molar-refractivity contribution >= 4 is 29.3 Å². The highest BCUT2D eigenvalue weighted by Crippen LogP contribution is 2.43. The molecule has 2 aliphatic carbocycles. The highest BCUT2D eigenvalue weighted by atomic mass is 19.1. The molecule has 0 aromatic heterocycles. The predicted octanol–water partition coefficient (Wildman–Crippen LogP) is 2.93. The maximum atomic E-state index is 13.6. The molecule has 200 valence electrons. The van der Waals surface area contributed by atoms with E-state index in [0.717, 1.165) is 24.8 Å². The molecule has 10 heteroatoms. The average molecular weight is 523 g/mol. The molecule has 2 aromatic rings. The highest BCUT2D eigenvalue weighted by molar-refractivity contribution is 6.15. The van der Waals surface area contributed by atoms with Gasteiger partial charge < -0.3 is 25.2 Å². The average Bonchev–Trinajstić information content (AvgIpc) is 3.55. The van der Waals surface area contributed by atoms with Crippen molar-refractivity contribution in [1.29, 1.82) is 0 Å². The fourth-order valence-electron chi connectivity index (χ4n) is 5.85. The minimum atomic E-state index is -1.77. The SMILES string of the molecule is CNC(=O)Nc1ccc2c(c1)CC(=O)C21OCN(CC(=O)N(Cc2ccc(F)cc2)C2CCCC2C)C1=O. The van der Waals surface area contributed by atoms with Crippen molar-refractivity contribution in [2.24, 2.45) is 5.92 Å². The second-order valence-corrected chi connectivity index (χ2v) is 10.3. The predicted molar refractivity (Wildman–Crippen MR) is 136 cm³/mol. The number of hydrogen-bond acceptors (Lipinski definition) is 5. The molecule has 3 atom stereocenters. The van der Waals surface area contributed by atoms with Gasteiger partial charge in [0.05, 0.1) is 0 Å². The van der Waals surface area contributed by atoms with Gasteiger partial charge in [-0.1, -0.05) is 31.5 Å². The van der Waals surface area contributed by atoms with Gasteiger partial charge >= 0.3 is 6.03 Å². The largest absolute Gasteiger partial charge is 0.341 e. The number of Topliss-reactive ketones (excluding diaryl/α,β-unsaturated/α-hetero) is 1. The zero-order valence-corrected chi connectivity index (χ0v) is 21.5. The van der Waals surface area contributed by atoms with Crippen LogP contribution in [0.25, 0.3) is 0 Å². The number of fused-ring (bicyclic) bond motifs is 2. The number of urea groups is 1. The summed E-state index contributed by atoms with van der Waals surface area (Å²) in [5, 5.41) is 5.12. The first kappa shape index (κ1) is 25.8. The first-order valence-corrected chi connectivity index (χ1v) is 12.9. The Morgan fingerprint density at radius 2 is 1.92 bits per heavy atom. The summed E-state index contributed by atoms with van der Waals surface area (Å²) in [6.07, 6.45) is 2.87. The molecule has 0 radical (unpaired) electrons. The number of rotatable bonds is 6. The second kappa shape index (κ2) is 10.2. The van der Waals surface area contributed by atoms with Crippen LogP contribution in [0.1, 0.15) is 42.9 Å². The van der Waals surface area contributed by atoms with Gasteiger partial charge in [-0.2, -0.15) is 0 Å². The van der Waals surface area contributed by atoms with Crippen LogP contribution in [-0.4, -0.2) is 59.8 Å². The lowest BCUT2D eigenvalue weighted by Crippen LogP contribution is -2.48. The Kier molecular flexibility index (Phi) is 6.92. The van der Waals surface area contributed by atoms with Crippen LogP contribution in [0.4, 0.5) is 14.9 Å². The summed E-state index contributed by atoms with van der Waals surface area (Å²) in [6, 6.07) is 10.6. The van der Waals surface area contributed by atoms with E-state index >= 15 is 0 Å². The number of ketones is 1. The van der Waals surface area contributed by atoms with Gasteiger partial charge in [0.25, 0.3) is 5.91 Å². The fourth-order valence-corrected chi connectivity index (χ4v) is 5.85. The van der Waals surface area contributed by atoms with Gasteiger partial charge in [-0.25, -0.2) is 9.18 Å². The van der Waals surface area contributed by atoms with Crippen LogP contribution in [0, 0.1) is 11.7 Å². The van der Waals surface area contributed by atoms with E-state index in [1.807, 2.05) is 0 Å². The third kappa shape index (κ3) is 4.53. The number of ether oxygens (including phenoxy) is 1. The van der Waals surface area contributed by atoms with Crippen molar-refractivity contribution in [3.63, 3.8) is 0 Å². The number of benzene rings is 2. The normalized spacial score (nSPS) is 24.1. The Bertz CT molecular complexity index is 1280. The Labute approximate surface area is 220 Å². The van der Waals surface area contributed by atoms with Crippen molar-refractivity contribution in [1.82, 2.24) is 15.1 Å². The van der Waals surface area contributed by atoms with Gasteiger partial charge in [-0.3, -0.25) is 14.4 Å². The van der Waals surface area contributed by atoms with E-state index in [0.29, 0.717) is 29.3 Å². The molecule has 4 amide bonds. The zero-order chi connectivity index (χ0) is 27.0. The van der Waals surface area contributed by atoms with E-state index in [-0.39, 0.29) is 37.5 Å². The van der Waals surface area contributed by atoms with Crippen molar-refractivity contribution in [3.8, 4) is 0 Å². The maximum absolute atomic E-state index is 13.6. The van der Waals surface area contributed by atoms with Gasteiger partial charge in [-0.05, 0) is 54.2 Å². The van der Waals surface area contributed by atoms with E-state index in [1.165, 1.54) is 24.1 Å². The molecule has 3 aliphatic rings. The quantitative estimate of drug-likeness (QED) is 0.568. The molecular weight excluding hydrogens is 491 g/mol. The number of carbonyl (C=O) groups is 4. The lowest BCUT2D eigenvalue weighted by Gasteiger charge is -2.33. The van der Waals surface area contributed by atoms with Gasteiger partial charge in [-0.15, -0.1) is 0 Å². The minimum Gasteiger partial charge on any atom is -0.341 e. The van der Waals surface area contributed by atoms with Crippen LogP contribution >= 0.6 is 0 Å². The Morgan fingerprint density at radius 1 is 1.16 bits per heavy atom. The number of halogens is 1. The molecule has 2 aromatic carbocycles. The lowest BCUT2D eigenvalue weighted by atomic mass is 9.94. The Morgan fingerprint density at radius 3 is 2.61 bits per heavy atom. The molecule has 0 bridgehead atoms. The third-order valence-corrected chi connectivity index (χ3v) is 7.87. The summed E-state index contributed by atoms with van der Waals surface area (Å²) in [5.74, 6) is -1.22. The fraction of sp³-hybridized carbons (Fsp3) is 0.429. The number of anilines is 1. The van der Waals surface area contributed by atoms with E-state index < -0.39 is 23.3 Å². The zero-order valence-electron chi connectivity index (χ0n) is 21.5. The molecule has 1 saturated carbocycles. The molecule has 9 nitrogen and oxygen atoms in total. The second-order valence-electron chi connectivity index (χ2n) is 10.3. The van der Waals surface area contributed by atoms with E-state index in [2.05, 4.69) is 17.6 Å². The van der Waals surface area contributed by atoms with Crippen molar-refractivity contribution in [2.45, 2.75) is 50.8 Å². The summed E-state index contributed by atoms with van der Waals surface area (Å²) in [4.78, 5) is 55.2. The third-order valence-electron chi connectivity index (χ3n) is 7.87. The van der Waals surface area contributed by atoms with E-state index in [1.54, 1.807) is 35.2 Å². The van der Waals surface area contributed by atoms with Crippen LogP contribution in [0.3, 0.4) is 0 Å². The highest BCUT2D eigenvalue weighted by Gasteiger charge is 2.59. The molecule has 38 heavy (non-hydrogen) atoms. The minimum absolute atomic E-state index is 0.0115. The molecular formula is C28H31FN4O5. The van der Waals surface area contributed by atoms with Crippen LogP contribution in [0.15, 0.2) is 42.5 Å². The summed E-state index contributed by atoms with van der Waals surface area (Å²) in [6.45, 7) is 2.02. The number of nitrogens with one attached hydrogen (secondary N) is 2. The van der Waals surface area contributed by atoms with Crippen LogP contribution in [0.5, 0.6) is 0 Å². The first-order chi connectivity index (χ1) is 18.2. The van der Waals surface area contributed by atoms with Crippen molar-refractivity contribution in [3.05, 3.63) is 65.0 Å². The monoisotopic (exact) mass is 522 g/mol. The molecule has 1 aliphatic heterocycles. The summed E-state index contributed by atoms with van der Waals surface area (Å²) < 4.78 is 19.3. The molecule has 1 spiro atoms. The Hall–Kier alpha value is -3.79. The molecule has 5 rings (SSSR count). The summed E-state index contributed by atoms with van der Waals surface area (Å²) in [7, 11) is 1.50. The van der Waals surface area contributed by atoms with E-state index in [4.69, 9.17) is 4.74 Å². The number of carbonyl (C=O) groups excluding carboxylic acids is 4. The van der Waals surface area contributed by atoms with Crippen molar-refractivity contribution < 1.29 is 28.3 Å². The number of nitrogens with zero attached hydrogens (tertiary/aromatic N) is 2. The smallest absolute Gasteiger partial charge is 0.318 e. The lowest BCUT2D eigenvalue weighted by molar-refractivity contribution is -0.149. The molecule has 3 unspecified atom stereocenters. The topological polar surface area (TPSA) is 108 Å². The van der Waals surface area contributed by atoms with Gasteiger partial charge in [0.2, 0.25) is 11.5 Å². The van der Waals surface area contributed by atoms with Crippen LogP contribution in [0.2, 0.25) is 0 Å². The molecule has 1 heterocycles. The van der Waals surface area contributed by atoms with Crippen LogP contribution in [-0.2, 0) is 37.7 Å². The standard InChI is InChI=1S/C28H31FN4O5/c1-17-4-3-5-23(17)33(14-18-6-8-20(29)9-7-18)25(35)15-32-16-38-28(26(32)36)22-11-10-21(31-27(37)30-2)12-19(22)13-24(28)34/h6-12,17,23H,3-5,13-16H2,1-2H3,(H2,30,31,37). The molecule has 2 fully saturated rings. The van der Waals surface area contributed by atoms with E-state index in [9.17, 15) is 23.6 Å². The van der Waals surface area contributed by atoms with Crippen molar-refractivity contribution in [2.75, 3.05) is 25.6 Å². The number of hydrogen-bond donors (Lipinski definition) is 2. The summed E-state index contributed by atoms with van der Waals surface area (Å²) >= 11 is 0. The summed E-state index contributed by atoms with van der Waals surface area (Å²) in [5.41, 5.74) is 0.567. The first-order valence-electron chi connectivity index (χ1n) is 12.9. The maximum Gasteiger partial charge on any atom is 0.318 e. The Balaban J connectivity index is 1.35. The number of amides is 4. The van der Waals surface area contributed by atoms with Crippen LogP contribution < -0.4 is 10.6 Å². The van der Waals surface area contributed by atoms with Gasteiger partial charge in [0, 0.05) is 37.3 Å². The van der Waals surface area contributed by atoms with Gasteiger partial charge in [0.1, 0.15) is 19.1 Å². The van der Waals surface area contributed by atoms with Gasteiger partial charge in [0.15, 0.2) is 5.78 Å².